The van der Waals surface area contributed by atoms with Gasteiger partial charge in [0.15, 0.2) is 0 Å². The molecule has 2 aromatic carbocycles. The molecule has 0 spiro atoms. The molecular weight excluding hydrogens is 422 g/mol. The van der Waals surface area contributed by atoms with Gasteiger partial charge in [-0.05, 0) is 66.9 Å². The summed E-state index contributed by atoms with van der Waals surface area (Å²) in [5, 5.41) is 12.3. The van der Waals surface area contributed by atoms with Crippen molar-refractivity contribution in [3.63, 3.8) is 0 Å². The van der Waals surface area contributed by atoms with E-state index < -0.39 is 21.7 Å². The van der Waals surface area contributed by atoms with Crippen LogP contribution in [0.3, 0.4) is 0 Å². The molecule has 0 bridgehead atoms. The van der Waals surface area contributed by atoms with Crippen LogP contribution in [0.25, 0.3) is 33.5 Å². The van der Waals surface area contributed by atoms with E-state index in [1.54, 1.807) is 38.4 Å². The molecule has 0 aliphatic heterocycles. The van der Waals surface area contributed by atoms with Crippen molar-refractivity contribution in [1.82, 2.24) is 15.2 Å². The summed E-state index contributed by atoms with van der Waals surface area (Å²) in [4.78, 5) is 3.76. The highest BCUT2D eigenvalue weighted by Crippen LogP contribution is 2.37. The van der Waals surface area contributed by atoms with Crippen LogP contribution in [0.5, 0.6) is 0 Å². The quantitative estimate of drug-likeness (QED) is 0.493. The van der Waals surface area contributed by atoms with Crippen molar-refractivity contribution in [2.75, 3.05) is 0 Å². The van der Waals surface area contributed by atoms with Crippen LogP contribution in [0, 0.1) is 25.5 Å². The Hall–Kier alpha value is -3.43. The molecule has 0 atom stereocenters. The Kier molecular flexibility index (Phi) is 5.16. The molecule has 31 heavy (non-hydrogen) atoms. The van der Waals surface area contributed by atoms with Crippen LogP contribution in [0.1, 0.15) is 11.3 Å². The van der Waals surface area contributed by atoms with Crippen molar-refractivity contribution in [2.45, 2.75) is 18.7 Å². The highest BCUT2D eigenvalue weighted by atomic mass is 32.2. The number of aromatic amines is 1. The number of aryl methyl sites for hydroxylation is 2. The lowest BCUT2D eigenvalue weighted by Crippen LogP contribution is -2.12. The molecule has 0 saturated carbocycles. The first-order valence-electron chi connectivity index (χ1n) is 9.25. The first-order valence-corrected chi connectivity index (χ1v) is 10.8. The van der Waals surface area contributed by atoms with Gasteiger partial charge in [0, 0.05) is 29.2 Å². The monoisotopic (exact) mass is 440 g/mol. The Balaban J connectivity index is 1.89. The summed E-state index contributed by atoms with van der Waals surface area (Å²) in [5.41, 5.74) is 3.10. The Morgan fingerprint density at radius 3 is 2.16 bits per heavy atom. The number of aromatic nitrogens is 3. The van der Waals surface area contributed by atoms with Crippen LogP contribution in [0.2, 0.25) is 0 Å². The van der Waals surface area contributed by atoms with Gasteiger partial charge in [0.25, 0.3) is 0 Å². The van der Waals surface area contributed by atoms with E-state index >= 15 is 8.78 Å². The Labute approximate surface area is 177 Å². The van der Waals surface area contributed by atoms with Crippen molar-refractivity contribution in [1.29, 1.82) is 0 Å². The SMILES string of the molecule is Cc1ccc(S(N)(=O)=O)cc1-c1c(F)cc(-c2c(-c3ccncc3)n[nH]c2C)cc1F. The van der Waals surface area contributed by atoms with Gasteiger partial charge in [0.05, 0.1) is 10.5 Å². The van der Waals surface area contributed by atoms with Gasteiger partial charge in [-0.3, -0.25) is 10.1 Å². The normalized spacial score (nSPS) is 11.6. The molecule has 9 heteroatoms. The number of hydrogen-bond donors (Lipinski definition) is 2. The average molecular weight is 440 g/mol. The fourth-order valence-corrected chi connectivity index (χ4v) is 4.06. The number of nitrogens with two attached hydrogens (primary N) is 1. The Morgan fingerprint density at radius 2 is 1.55 bits per heavy atom. The summed E-state index contributed by atoms with van der Waals surface area (Å²) < 4.78 is 53.8. The molecular formula is C22H18F2N4O2S. The summed E-state index contributed by atoms with van der Waals surface area (Å²) in [7, 11) is -4.02. The number of nitrogens with zero attached hydrogens (tertiary/aromatic N) is 2. The molecule has 0 saturated heterocycles. The van der Waals surface area contributed by atoms with E-state index in [0.717, 1.165) is 5.56 Å². The second-order valence-electron chi connectivity index (χ2n) is 7.14. The predicted octanol–water partition coefficient (Wildman–Crippen LogP) is 4.35. The summed E-state index contributed by atoms with van der Waals surface area (Å²) in [5.74, 6) is -1.66. The fourth-order valence-electron chi connectivity index (χ4n) is 3.52. The number of pyridine rings is 1. The Bertz CT molecular complexity index is 1380. The zero-order chi connectivity index (χ0) is 22.3. The third kappa shape index (κ3) is 3.85. The number of primary sulfonamides is 1. The number of benzene rings is 2. The van der Waals surface area contributed by atoms with Gasteiger partial charge in [-0.25, -0.2) is 22.3 Å². The van der Waals surface area contributed by atoms with E-state index in [-0.39, 0.29) is 16.0 Å². The molecule has 4 aromatic rings. The van der Waals surface area contributed by atoms with Crippen molar-refractivity contribution in [3.05, 3.63) is 77.8 Å². The maximum absolute atomic E-state index is 15.2. The van der Waals surface area contributed by atoms with E-state index in [2.05, 4.69) is 15.2 Å². The summed E-state index contributed by atoms with van der Waals surface area (Å²) in [6.07, 6.45) is 3.21. The lowest BCUT2D eigenvalue weighted by atomic mass is 9.94. The first-order chi connectivity index (χ1) is 14.7. The second kappa shape index (κ2) is 7.68. The minimum absolute atomic E-state index is 0.117. The maximum atomic E-state index is 15.2. The van der Waals surface area contributed by atoms with E-state index in [9.17, 15) is 8.42 Å². The van der Waals surface area contributed by atoms with E-state index in [0.29, 0.717) is 28.1 Å². The molecule has 3 N–H and O–H groups in total. The van der Waals surface area contributed by atoms with Gasteiger partial charge < -0.3 is 0 Å². The molecule has 0 fully saturated rings. The summed E-state index contributed by atoms with van der Waals surface area (Å²) >= 11 is 0. The van der Waals surface area contributed by atoms with Crippen LogP contribution in [-0.2, 0) is 10.0 Å². The second-order valence-corrected chi connectivity index (χ2v) is 8.71. The Morgan fingerprint density at radius 1 is 0.903 bits per heavy atom. The number of rotatable bonds is 4. The smallest absolute Gasteiger partial charge is 0.238 e. The van der Waals surface area contributed by atoms with Crippen molar-refractivity contribution >= 4 is 10.0 Å². The number of halogens is 2. The summed E-state index contributed by atoms with van der Waals surface area (Å²) in [6, 6.07) is 9.87. The topological polar surface area (TPSA) is 102 Å². The van der Waals surface area contributed by atoms with Gasteiger partial charge >= 0.3 is 0 Å². The van der Waals surface area contributed by atoms with Crippen LogP contribution >= 0.6 is 0 Å². The molecule has 2 aromatic heterocycles. The van der Waals surface area contributed by atoms with Gasteiger partial charge in [0.1, 0.15) is 17.3 Å². The number of H-pyrrole nitrogens is 1. The molecule has 4 rings (SSSR count). The standard InChI is InChI=1S/C22H18F2N4O2S/c1-12-3-4-16(31(25,29)30)11-17(12)21-18(23)9-15(10-19(21)24)20-13(2)27-28-22(20)14-5-7-26-8-6-14/h3-11H,1-2H3,(H,27,28)(H2,25,29,30). The van der Waals surface area contributed by atoms with Gasteiger partial charge in [-0.2, -0.15) is 5.10 Å². The average Bonchev–Trinajstić information content (AvgIpc) is 3.10. The molecule has 0 aliphatic rings. The van der Waals surface area contributed by atoms with E-state index in [1.165, 1.54) is 30.3 Å². The molecule has 0 amide bonds. The minimum Gasteiger partial charge on any atom is -0.282 e. The molecule has 0 radical (unpaired) electrons. The number of nitrogens with one attached hydrogen (secondary N) is 1. The third-order valence-electron chi connectivity index (χ3n) is 5.04. The largest absolute Gasteiger partial charge is 0.282 e. The van der Waals surface area contributed by atoms with Crippen LogP contribution in [0.4, 0.5) is 8.78 Å². The zero-order valence-electron chi connectivity index (χ0n) is 16.6. The van der Waals surface area contributed by atoms with E-state index in [4.69, 9.17) is 5.14 Å². The molecule has 6 nitrogen and oxygen atoms in total. The maximum Gasteiger partial charge on any atom is 0.238 e. The lowest BCUT2D eigenvalue weighted by Gasteiger charge is -2.13. The van der Waals surface area contributed by atoms with Gasteiger partial charge in [-0.1, -0.05) is 6.07 Å². The van der Waals surface area contributed by atoms with E-state index in [1.807, 2.05) is 0 Å². The van der Waals surface area contributed by atoms with Crippen molar-refractivity contribution in [2.24, 2.45) is 5.14 Å². The number of sulfonamides is 1. The fraction of sp³-hybridized carbons (Fsp3) is 0.0909. The first kappa shape index (κ1) is 20.8. The van der Waals surface area contributed by atoms with Crippen LogP contribution in [-0.4, -0.2) is 23.6 Å². The molecule has 0 unspecified atom stereocenters. The molecule has 158 valence electrons. The predicted molar refractivity (Wildman–Crippen MR) is 113 cm³/mol. The highest BCUT2D eigenvalue weighted by molar-refractivity contribution is 7.89. The highest BCUT2D eigenvalue weighted by Gasteiger charge is 2.21. The molecule has 2 heterocycles. The van der Waals surface area contributed by atoms with Crippen LogP contribution < -0.4 is 5.14 Å². The van der Waals surface area contributed by atoms with Crippen molar-refractivity contribution in [3.8, 4) is 33.5 Å². The molecule has 0 aliphatic carbocycles. The minimum atomic E-state index is -4.02. The summed E-state index contributed by atoms with van der Waals surface area (Å²) in [6.45, 7) is 3.40. The van der Waals surface area contributed by atoms with Crippen molar-refractivity contribution < 1.29 is 17.2 Å². The number of hydrogen-bond acceptors (Lipinski definition) is 4. The van der Waals surface area contributed by atoms with Gasteiger partial charge in [-0.15, -0.1) is 0 Å². The third-order valence-corrected chi connectivity index (χ3v) is 5.95. The zero-order valence-corrected chi connectivity index (χ0v) is 17.5. The lowest BCUT2D eigenvalue weighted by molar-refractivity contribution is 0.589. The van der Waals surface area contributed by atoms with Crippen LogP contribution in [0.15, 0.2) is 59.8 Å². The van der Waals surface area contributed by atoms with Gasteiger partial charge in [0.2, 0.25) is 10.0 Å².